The van der Waals surface area contributed by atoms with E-state index in [1.54, 1.807) is 11.3 Å². The first-order chi connectivity index (χ1) is 7.50. The first kappa shape index (κ1) is 14.5. The number of hydrogen-bond acceptors (Lipinski definition) is 3. The zero-order chi connectivity index (χ0) is 12.2. The van der Waals surface area contributed by atoms with Gasteiger partial charge in [0.15, 0.2) is 0 Å². The lowest BCUT2D eigenvalue weighted by molar-refractivity contribution is 0.0323. The fraction of sp³-hybridized carbons (Fsp3) is 0.636. The van der Waals surface area contributed by atoms with E-state index in [1.165, 1.54) is 4.88 Å². The third kappa shape index (κ3) is 4.00. The summed E-state index contributed by atoms with van der Waals surface area (Å²) in [5, 5.41) is 13.3. The van der Waals surface area contributed by atoms with Crippen LogP contribution in [0.5, 0.6) is 0 Å². The summed E-state index contributed by atoms with van der Waals surface area (Å²) in [4.78, 5) is 1.17. The van der Waals surface area contributed by atoms with Gasteiger partial charge in [-0.05, 0) is 34.8 Å². The van der Waals surface area contributed by atoms with Crippen LogP contribution in [-0.4, -0.2) is 17.3 Å². The minimum absolute atomic E-state index is 0.585. The third-order valence-electron chi connectivity index (χ3n) is 2.77. The highest BCUT2D eigenvalue weighted by Gasteiger charge is 2.21. The predicted molar refractivity (Wildman–Crippen MR) is 74.3 cm³/mol. The molecule has 2 N–H and O–H groups in total. The first-order valence-corrected chi connectivity index (χ1v) is 7.36. The van der Waals surface area contributed by atoms with Crippen molar-refractivity contribution >= 4 is 38.9 Å². The predicted octanol–water partition coefficient (Wildman–Crippen LogP) is 3.80. The van der Waals surface area contributed by atoms with Gasteiger partial charge in [-0.15, -0.1) is 11.3 Å². The molecule has 1 aromatic rings. The highest BCUT2D eigenvalue weighted by Crippen LogP contribution is 2.31. The Hall–Kier alpha value is 0.390. The van der Waals surface area contributed by atoms with Crippen molar-refractivity contribution in [1.29, 1.82) is 0 Å². The number of halogens is 2. The second-order valence-corrected chi connectivity index (χ2v) is 6.46. The van der Waals surface area contributed by atoms with E-state index < -0.39 is 5.60 Å². The van der Waals surface area contributed by atoms with Gasteiger partial charge in [-0.25, -0.2) is 0 Å². The lowest BCUT2D eigenvalue weighted by Crippen LogP contribution is -2.39. The summed E-state index contributed by atoms with van der Waals surface area (Å²) in [6.07, 6.45) is 1.54. The molecule has 0 unspecified atom stereocenters. The molecule has 0 radical (unpaired) electrons. The molecular formula is C11H17BrClNOS. The fourth-order valence-corrected chi connectivity index (χ4v) is 3.16. The molecule has 2 nitrogen and oxygen atoms in total. The molecule has 0 fully saturated rings. The van der Waals surface area contributed by atoms with Crippen LogP contribution in [0.1, 0.15) is 31.6 Å². The Balaban J connectivity index is 2.41. The summed E-state index contributed by atoms with van der Waals surface area (Å²) in [5.74, 6) is 0. The van der Waals surface area contributed by atoms with Crippen molar-refractivity contribution in [3.8, 4) is 0 Å². The normalized spacial score (nSPS) is 12.1. The highest BCUT2D eigenvalue weighted by atomic mass is 79.9. The van der Waals surface area contributed by atoms with Crippen molar-refractivity contribution in [1.82, 2.24) is 5.32 Å². The van der Waals surface area contributed by atoms with E-state index in [-0.39, 0.29) is 0 Å². The number of thiophene rings is 1. The van der Waals surface area contributed by atoms with Gasteiger partial charge in [0, 0.05) is 22.4 Å². The topological polar surface area (TPSA) is 32.3 Å². The van der Waals surface area contributed by atoms with Crippen molar-refractivity contribution in [3.05, 3.63) is 19.8 Å². The van der Waals surface area contributed by atoms with Gasteiger partial charge < -0.3 is 10.4 Å². The lowest BCUT2D eigenvalue weighted by atomic mass is 9.98. The zero-order valence-corrected chi connectivity index (χ0v) is 12.7. The Labute approximate surface area is 114 Å². The van der Waals surface area contributed by atoms with E-state index in [9.17, 15) is 5.11 Å². The van der Waals surface area contributed by atoms with Gasteiger partial charge >= 0.3 is 0 Å². The summed E-state index contributed by atoms with van der Waals surface area (Å²) >= 11 is 10.9. The maximum absolute atomic E-state index is 10.1. The second-order valence-electron chi connectivity index (χ2n) is 3.87. The summed E-state index contributed by atoms with van der Waals surface area (Å²) < 4.78 is 1.72. The largest absolute Gasteiger partial charge is 0.389 e. The van der Waals surface area contributed by atoms with Crippen LogP contribution in [0.15, 0.2) is 10.5 Å². The molecule has 0 bridgehead atoms. The number of rotatable bonds is 6. The van der Waals surface area contributed by atoms with Crippen molar-refractivity contribution in [2.75, 3.05) is 6.54 Å². The minimum Gasteiger partial charge on any atom is -0.389 e. The molecule has 0 spiro atoms. The number of hydrogen-bond donors (Lipinski definition) is 2. The average Bonchev–Trinajstić information content (AvgIpc) is 2.58. The van der Waals surface area contributed by atoms with Gasteiger partial charge in [-0.2, -0.15) is 0 Å². The molecule has 16 heavy (non-hydrogen) atoms. The van der Waals surface area contributed by atoms with Gasteiger partial charge in [0.2, 0.25) is 0 Å². The summed E-state index contributed by atoms with van der Waals surface area (Å²) in [7, 11) is 0. The Morgan fingerprint density at radius 2 is 2.12 bits per heavy atom. The number of aliphatic hydroxyl groups is 1. The van der Waals surface area contributed by atoms with Gasteiger partial charge in [0.25, 0.3) is 0 Å². The van der Waals surface area contributed by atoms with E-state index in [0.717, 1.165) is 28.2 Å². The fourth-order valence-electron chi connectivity index (χ4n) is 1.40. The molecule has 0 amide bonds. The van der Waals surface area contributed by atoms with Crippen LogP contribution in [0.4, 0.5) is 0 Å². The maximum Gasteiger partial charge on any atom is 0.107 e. The van der Waals surface area contributed by atoms with Crippen LogP contribution in [0.3, 0.4) is 0 Å². The van der Waals surface area contributed by atoms with E-state index in [2.05, 4.69) is 21.2 Å². The second kappa shape index (κ2) is 6.36. The van der Waals surface area contributed by atoms with Gasteiger partial charge in [0.05, 0.1) is 5.60 Å². The van der Waals surface area contributed by atoms with Crippen LogP contribution >= 0.6 is 38.9 Å². The number of nitrogens with one attached hydrogen (secondary N) is 1. The zero-order valence-electron chi connectivity index (χ0n) is 9.52. The Morgan fingerprint density at radius 1 is 1.50 bits per heavy atom. The van der Waals surface area contributed by atoms with Crippen LogP contribution in [0, 0.1) is 0 Å². The van der Waals surface area contributed by atoms with Crippen molar-refractivity contribution in [3.63, 3.8) is 0 Å². The first-order valence-electron chi connectivity index (χ1n) is 5.37. The Bertz CT molecular complexity index is 319. The smallest absolute Gasteiger partial charge is 0.107 e. The minimum atomic E-state index is -0.585. The van der Waals surface area contributed by atoms with Gasteiger partial charge in [-0.1, -0.05) is 25.4 Å². The summed E-state index contributed by atoms with van der Waals surface area (Å²) in [5.41, 5.74) is -0.585. The average molecular weight is 327 g/mol. The molecule has 0 saturated carbocycles. The van der Waals surface area contributed by atoms with Crippen LogP contribution in [0.2, 0.25) is 4.34 Å². The molecule has 0 aromatic carbocycles. The highest BCUT2D eigenvalue weighted by molar-refractivity contribution is 9.10. The molecule has 0 saturated heterocycles. The molecule has 0 aliphatic heterocycles. The quantitative estimate of drug-likeness (QED) is 0.833. The van der Waals surface area contributed by atoms with Crippen molar-refractivity contribution in [2.24, 2.45) is 0 Å². The van der Waals surface area contributed by atoms with E-state index in [4.69, 9.17) is 11.6 Å². The van der Waals surface area contributed by atoms with Crippen LogP contribution in [0.25, 0.3) is 0 Å². The standard InChI is InChI=1S/C11H17BrClNOS/c1-3-11(15,4-2)7-14-6-8-5-9(12)10(13)16-8/h5,14-15H,3-4,6-7H2,1-2H3. The Kier molecular flexibility index (Phi) is 5.74. The lowest BCUT2D eigenvalue weighted by Gasteiger charge is -2.25. The van der Waals surface area contributed by atoms with E-state index in [1.807, 2.05) is 19.9 Å². The molecule has 0 atom stereocenters. The SMILES string of the molecule is CCC(O)(CC)CNCc1cc(Br)c(Cl)s1. The summed E-state index contributed by atoms with van der Waals surface area (Å²) in [6, 6.07) is 2.01. The molecule has 5 heteroatoms. The Morgan fingerprint density at radius 3 is 2.56 bits per heavy atom. The molecule has 0 aliphatic rings. The van der Waals surface area contributed by atoms with Gasteiger partial charge in [-0.3, -0.25) is 0 Å². The molecular weight excluding hydrogens is 310 g/mol. The molecule has 1 rings (SSSR count). The molecule has 92 valence electrons. The molecule has 0 aliphatic carbocycles. The molecule has 1 aromatic heterocycles. The van der Waals surface area contributed by atoms with Crippen LogP contribution in [-0.2, 0) is 6.54 Å². The maximum atomic E-state index is 10.1. The summed E-state index contributed by atoms with van der Waals surface area (Å²) in [6.45, 7) is 5.37. The van der Waals surface area contributed by atoms with Crippen molar-refractivity contribution in [2.45, 2.75) is 38.8 Å². The molecule has 1 heterocycles. The van der Waals surface area contributed by atoms with Crippen LogP contribution < -0.4 is 5.32 Å². The van der Waals surface area contributed by atoms with E-state index in [0.29, 0.717) is 6.54 Å². The van der Waals surface area contributed by atoms with Gasteiger partial charge in [0.1, 0.15) is 4.34 Å². The van der Waals surface area contributed by atoms with Crippen molar-refractivity contribution < 1.29 is 5.11 Å². The monoisotopic (exact) mass is 325 g/mol. The third-order valence-corrected chi connectivity index (χ3v) is 5.24. The van der Waals surface area contributed by atoms with E-state index >= 15 is 0 Å².